The molecule has 0 aromatic heterocycles. The number of allylic oxidation sites excluding steroid dienone is 9. The molecule has 1 radical (unpaired) electrons. The summed E-state index contributed by atoms with van der Waals surface area (Å²) in [5.41, 5.74) is 7.45. The molecule has 0 amide bonds. The fourth-order valence-electron chi connectivity index (χ4n) is 7.51. The van der Waals surface area contributed by atoms with Crippen molar-refractivity contribution < 1.29 is 32.2 Å². The minimum atomic E-state index is -4.62. The van der Waals surface area contributed by atoms with E-state index in [-0.39, 0.29) is 51.8 Å². The van der Waals surface area contributed by atoms with Gasteiger partial charge in [0.1, 0.15) is 28.2 Å². The van der Waals surface area contributed by atoms with Crippen LogP contribution in [0.4, 0.5) is 11.4 Å². The molecule has 52 heavy (non-hydrogen) atoms. The summed E-state index contributed by atoms with van der Waals surface area (Å²) in [7, 11) is -4.62. The number of hydrogen-bond donors (Lipinski definition) is 1. The summed E-state index contributed by atoms with van der Waals surface area (Å²) in [6.07, 6.45) is 16.8. The summed E-state index contributed by atoms with van der Waals surface area (Å²) in [6.45, 7) is 20.9. The number of unbranched alkanes of at least 4 members (excludes halogenated alkanes) is 2. The Morgan fingerprint density at radius 1 is 1.02 bits per heavy atom. The molecular weight excluding hydrogens is 684 g/mol. The van der Waals surface area contributed by atoms with Gasteiger partial charge in [0.2, 0.25) is 5.69 Å². The zero-order valence-electron chi connectivity index (χ0n) is 32.5. The van der Waals surface area contributed by atoms with Gasteiger partial charge in [-0.05, 0) is 89.8 Å². The minimum Gasteiger partial charge on any atom is -0.744 e. The number of ether oxygens (including phenoxy) is 1. The Hall–Kier alpha value is -3.21. The Bertz CT molecular complexity index is 2040. The molecule has 5 rings (SSSR count). The second kappa shape index (κ2) is 15.6. The maximum Gasteiger partial charge on any atom is 0.303 e. The molecule has 0 aliphatic carbocycles. The molecule has 1 N–H and O–H groups in total. The molecule has 0 saturated carbocycles. The molecule has 2 aromatic rings. The van der Waals surface area contributed by atoms with E-state index in [1.54, 1.807) is 6.07 Å². The van der Waals surface area contributed by atoms with Crippen LogP contribution in [0.1, 0.15) is 105 Å². The number of aliphatic carboxylic acids is 1. The first-order chi connectivity index (χ1) is 23.8. The quantitative estimate of drug-likeness (QED) is 0.0808. The van der Waals surface area contributed by atoms with Gasteiger partial charge >= 0.3 is 5.97 Å². The van der Waals surface area contributed by atoms with Crippen LogP contribution in [-0.2, 0) is 20.3 Å². The van der Waals surface area contributed by atoms with Crippen LogP contribution < -0.4 is 9.64 Å². The third kappa shape index (κ3) is 8.60. The molecule has 0 spiro atoms. The molecule has 0 saturated heterocycles. The van der Waals surface area contributed by atoms with Crippen molar-refractivity contribution in [2.24, 2.45) is 5.41 Å². The maximum absolute atomic E-state index is 11.9. The number of carboxylic acid groups (broad SMARTS) is 1. The third-order valence-electron chi connectivity index (χ3n) is 10.1. The Balaban J connectivity index is 0.00000605. The summed E-state index contributed by atoms with van der Waals surface area (Å²) < 4.78 is 44.5. The Kier molecular flexibility index (Phi) is 12.5. The number of fused-ring (bicyclic) bond motifs is 3. The molecule has 10 heteroatoms. The Morgan fingerprint density at radius 2 is 1.73 bits per heavy atom. The average Bonchev–Trinajstić information content (AvgIpc) is 3.23. The first-order valence-corrected chi connectivity index (χ1v) is 19.2. The van der Waals surface area contributed by atoms with Crippen molar-refractivity contribution >= 4 is 73.9 Å². The van der Waals surface area contributed by atoms with Gasteiger partial charge in [0.05, 0.1) is 15.8 Å². The second-order valence-electron chi connectivity index (χ2n) is 15.8. The third-order valence-corrected chi connectivity index (χ3v) is 11.0. The van der Waals surface area contributed by atoms with Gasteiger partial charge in [0, 0.05) is 94.9 Å². The predicted octanol–water partition coefficient (Wildman–Crippen LogP) is 8.77. The van der Waals surface area contributed by atoms with Crippen LogP contribution in [0.2, 0.25) is 0 Å². The largest absolute Gasteiger partial charge is 0.744 e. The van der Waals surface area contributed by atoms with E-state index in [0.717, 1.165) is 59.0 Å². The fraction of sp³-hybridized carbons (Fsp3) is 0.429. The fourth-order valence-corrected chi connectivity index (χ4v) is 8.01. The zero-order chi connectivity index (χ0) is 37.5. The van der Waals surface area contributed by atoms with Gasteiger partial charge in [-0.2, -0.15) is 4.58 Å². The monoisotopic (exact) mass is 735 g/mol. The first kappa shape index (κ1) is 41.5. The van der Waals surface area contributed by atoms with Gasteiger partial charge < -0.3 is 19.3 Å². The van der Waals surface area contributed by atoms with Crippen LogP contribution in [0.15, 0.2) is 83.5 Å². The number of rotatable bonds is 11. The van der Waals surface area contributed by atoms with E-state index in [0.29, 0.717) is 13.0 Å². The maximum atomic E-state index is 11.9. The van der Waals surface area contributed by atoms with Gasteiger partial charge in [0.25, 0.3) is 0 Å². The number of hydrogen-bond acceptors (Lipinski definition) is 6. The van der Waals surface area contributed by atoms with E-state index >= 15 is 0 Å². The molecule has 0 bridgehead atoms. The number of likely N-dealkylation sites (N-methyl/N-ethyl adjacent to an activating group) is 1. The Morgan fingerprint density at radius 3 is 2.37 bits per heavy atom. The standard InChI is InChI=1S/C42H52N2O6S.Na/c1-10-44-35-26-36-32(25-31(35)28(2)27-41(44,6)7)29(23-38(50-36)40(3,4)5)17-13-11-14-18-37-42(8,9)33-24-30(51(47,48)49)20-21-34(33)43(37)22-16-12-15-19-39(45)46;/h11,13-14,17-18,20-21,23-27H,10,12,15-16,19,22H2,1-9H3,(H-,45,46,47,48,49);. The van der Waals surface area contributed by atoms with Crippen molar-refractivity contribution in [3.63, 3.8) is 0 Å². The molecule has 273 valence electrons. The van der Waals surface area contributed by atoms with Crippen molar-refractivity contribution in [2.45, 2.75) is 104 Å². The molecule has 8 nitrogen and oxygen atoms in total. The van der Waals surface area contributed by atoms with Crippen LogP contribution in [-0.4, -0.2) is 82.5 Å². The number of carboxylic acids is 1. The normalized spacial score (nSPS) is 18.5. The predicted molar refractivity (Wildman–Crippen MR) is 211 cm³/mol. The molecule has 0 fully saturated rings. The van der Waals surface area contributed by atoms with Crippen LogP contribution in [0, 0.1) is 5.41 Å². The van der Waals surface area contributed by atoms with Crippen LogP contribution >= 0.6 is 0 Å². The molecule has 0 unspecified atom stereocenters. The Labute approximate surface area is 332 Å². The first-order valence-electron chi connectivity index (χ1n) is 17.8. The summed E-state index contributed by atoms with van der Waals surface area (Å²) in [5, 5.41) is 9.05. The number of anilines is 1. The van der Waals surface area contributed by atoms with Crippen molar-refractivity contribution in [3.05, 3.63) is 95.3 Å². The van der Waals surface area contributed by atoms with Gasteiger partial charge in [-0.3, -0.25) is 4.79 Å². The molecule has 2 aromatic carbocycles. The summed E-state index contributed by atoms with van der Waals surface area (Å²) in [5.74, 6) is 0.939. The van der Waals surface area contributed by atoms with Crippen LogP contribution in [0.25, 0.3) is 11.1 Å². The minimum absolute atomic E-state index is 0. The summed E-state index contributed by atoms with van der Waals surface area (Å²) in [4.78, 5) is 13.2. The van der Waals surface area contributed by atoms with Crippen LogP contribution in [0.3, 0.4) is 0 Å². The van der Waals surface area contributed by atoms with Crippen molar-refractivity contribution in [2.75, 3.05) is 18.0 Å². The molecule has 0 atom stereocenters. The van der Waals surface area contributed by atoms with E-state index in [9.17, 15) is 17.8 Å². The van der Waals surface area contributed by atoms with Crippen LogP contribution in [0.5, 0.6) is 5.75 Å². The zero-order valence-corrected chi connectivity index (χ0v) is 35.3. The van der Waals surface area contributed by atoms with E-state index in [1.807, 2.05) is 38.2 Å². The smallest absolute Gasteiger partial charge is 0.303 e. The molecule has 3 aliphatic heterocycles. The van der Waals surface area contributed by atoms with Crippen molar-refractivity contribution in [3.8, 4) is 5.75 Å². The van der Waals surface area contributed by atoms with E-state index in [1.165, 1.54) is 29.0 Å². The second-order valence-corrected chi connectivity index (χ2v) is 17.2. The SMILES string of the molecule is CCN1c2cc3c(cc2C(C)=CC1(C)C)C(=CC=CC=CC1=[N+](CCCCCC(=O)O)c2ccc(S(=O)(=O)[O-])cc2C1(C)C)C=C(C(C)(C)C)O3.[Na]. The van der Waals surface area contributed by atoms with Gasteiger partial charge in [0.15, 0.2) is 5.71 Å². The van der Waals surface area contributed by atoms with Crippen molar-refractivity contribution in [1.82, 2.24) is 0 Å². The average molecular weight is 736 g/mol. The number of nitrogens with zero attached hydrogens (tertiary/aromatic N) is 2. The summed E-state index contributed by atoms with van der Waals surface area (Å²) in [6, 6.07) is 9.01. The van der Waals surface area contributed by atoms with E-state index < -0.39 is 21.5 Å². The van der Waals surface area contributed by atoms with Gasteiger partial charge in [-0.25, -0.2) is 8.42 Å². The number of carbonyl (C=O) groups is 1. The van der Waals surface area contributed by atoms with Gasteiger partial charge in [-0.15, -0.1) is 0 Å². The van der Waals surface area contributed by atoms with Crippen molar-refractivity contribution in [1.29, 1.82) is 0 Å². The number of benzene rings is 2. The van der Waals surface area contributed by atoms with E-state index in [4.69, 9.17) is 9.84 Å². The molecule has 3 heterocycles. The van der Waals surface area contributed by atoms with E-state index in [2.05, 4.69) is 88.3 Å². The molecule has 3 aliphatic rings. The van der Waals surface area contributed by atoms with Gasteiger partial charge in [-0.1, -0.05) is 51.2 Å². The topological polar surface area (TPSA) is 110 Å². The molecular formula is C42H52N2NaO6S. The summed E-state index contributed by atoms with van der Waals surface area (Å²) >= 11 is 0.